The fraction of sp³-hybridized carbons (Fsp3) is 0.556. The van der Waals surface area contributed by atoms with Gasteiger partial charge in [0.05, 0.1) is 11.8 Å². The number of aliphatic hydroxyl groups is 1. The van der Waals surface area contributed by atoms with Crippen LogP contribution < -0.4 is 10.6 Å². The third kappa shape index (κ3) is 1.83. The van der Waals surface area contributed by atoms with E-state index in [1.807, 2.05) is 4.90 Å². The van der Waals surface area contributed by atoms with E-state index in [9.17, 15) is 5.11 Å². The molecule has 76 valence electrons. The summed E-state index contributed by atoms with van der Waals surface area (Å²) in [7, 11) is 0. The lowest BCUT2D eigenvalue weighted by atomic mass is 10.3. The zero-order valence-electron chi connectivity index (χ0n) is 7.93. The van der Waals surface area contributed by atoms with E-state index in [0.717, 1.165) is 18.7 Å². The summed E-state index contributed by atoms with van der Waals surface area (Å²) in [5.41, 5.74) is 6.32. The SMILES string of the molecule is NCc1ccnc(N2CCC(O)C2)n1. The Bertz CT molecular complexity index is 317. The van der Waals surface area contributed by atoms with Crippen LogP contribution in [0.3, 0.4) is 0 Å². The van der Waals surface area contributed by atoms with E-state index in [2.05, 4.69) is 9.97 Å². The Morgan fingerprint density at radius 2 is 2.50 bits per heavy atom. The minimum absolute atomic E-state index is 0.250. The van der Waals surface area contributed by atoms with Crippen molar-refractivity contribution in [3.63, 3.8) is 0 Å². The first kappa shape index (κ1) is 9.36. The zero-order chi connectivity index (χ0) is 9.97. The maximum atomic E-state index is 9.37. The molecular formula is C9H14N4O. The molecule has 1 aliphatic heterocycles. The summed E-state index contributed by atoms with van der Waals surface area (Å²) in [5, 5.41) is 9.37. The predicted molar refractivity (Wildman–Crippen MR) is 52.8 cm³/mol. The van der Waals surface area contributed by atoms with E-state index in [1.54, 1.807) is 12.3 Å². The van der Waals surface area contributed by atoms with Gasteiger partial charge in [0.2, 0.25) is 5.95 Å². The molecule has 5 heteroatoms. The number of aromatic nitrogens is 2. The van der Waals surface area contributed by atoms with Crippen molar-refractivity contribution in [2.24, 2.45) is 5.73 Å². The van der Waals surface area contributed by atoms with Crippen LogP contribution in [0.2, 0.25) is 0 Å². The molecule has 0 aromatic carbocycles. The molecule has 0 amide bonds. The van der Waals surface area contributed by atoms with Crippen molar-refractivity contribution in [3.05, 3.63) is 18.0 Å². The number of aliphatic hydroxyl groups excluding tert-OH is 1. The van der Waals surface area contributed by atoms with Crippen LogP contribution in [0.4, 0.5) is 5.95 Å². The van der Waals surface area contributed by atoms with Crippen molar-refractivity contribution in [2.45, 2.75) is 19.1 Å². The van der Waals surface area contributed by atoms with E-state index >= 15 is 0 Å². The minimum Gasteiger partial charge on any atom is -0.391 e. The van der Waals surface area contributed by atoms with E-state index < -0.39 is 0 Å². The number of hydrogen-bond acceptors (Lipinski definition) is 5. The molecule has 0 spiro atoms. The Hall–Kier alpha value is -1.20. The van der Waals surface area contributed by atoms with Crippen LogP contribution in [0.25, 0.3) is 0 Å². The van der Waals surface area contributed by atoms with Gasteiger partial charge in [-0.3, -0.25) is 0 Å². The van der Waals surface area contributed by atoms with Crippen molar-refractivity contribution in [2.75, 3.05) is 18.0 Å². The highest BCUT2D eigenvalue weighted by molar-refractivity contribution is 5.32. The quantitative estimate of drug-likeness (QED) is 0.664. The Kier molecular flexibility index (Phi) is 2.60. The molecule has 14 heavy (non-hydrogen) atoms. The average molecular weight is 194 g/mol. The van der Waals surface area contributed by atoms with Gasteiger partial charge in [-0.1, -0.05) is 0 Å². The second kappa shape index (κ2) is 3.89. The number of β-amino-alcohol motifs (C(OH)–C–C–N with tert-alkyl or cyclic N) is 1. The van der Waals surface area contributed by atoms with Crippen LogP contribution in [0, 0.1) is 0 Å². The topological polar surface area (TPSA) is 75.3 Å². The molecule has 2 heterocycles. The van der Waals surface area contributed by atoms with Crippen molar-refractivity contribution in [1.29, 1.82) is 0 Å². The van der Waals surface area contributed by atoms with Gasteiger partial charge in [0.15, 0.2) is 0 Å². The van der Waals surface area contributed by atoms with Gasteiger partial charge in [0.1, 0.15) is 0 Å². The fourth-order valence-corrected chi connectivity index (χ4v) is 1.57. The lowest BCUT2D eigenvalue weighted by molar-refractivity contribution is 0.198. The van der Waals surface area contributed by atoms with Crippen LogP contribution >= 0.6 is 0 Å². The van der Waals surface area contributed by atoms with Gasteiger partial charge in [-0.05, 0) is 12.5 Å². The summed E-state index contributed by atoms with van der Waals surface area (Å²) in [5.74, 6) is 0.671. The molecule has 1 aliphatic rings. The summed E-state index contributed by atoms with van der Waals surface area (Å²) < 4.78 is 0. The van der Waals surface area contributed by atoms with Gasteiger partial charge in [-0.2, -0.15) is 0 Å². The zero-order valence-corrected chi connectivity index (χ0v) is 7.93. The van der Waals surface area contributed by atoms with E-state index in [0.29, 0.717) is 19.0 Å². The van der Waals surface area contributed by atoms with Gasteiger partial charge in [0, 0.05) is 25.8 Å². The monoisotopic (exact) mass is 194 g/mol. The number of nitrogens with two attached hydrogens (primary N) is 1. The number of rotatable bonds is 2. The van der Waals surface area contributed by atoms with E-state index in [-0.39, 0.29) is 6.10 Å². The number of nitrogens with zero attached hydrogens (tertiary/aromatic N) is 3. The Morgan fingerprint density at radius 1 is 1.64 bits per heavy atom. The molecule has 0 saturated carbocycles. The molecule has 0 radical (unpaired) electrons. The van der Waals surface area contributed by atoms with Gasteiger partial charge >= 0.3 is 0 Å². The first-order chi connectivity index (χ1) is 6.79. The lowest BCUT2D eigenvalue weighted by Crippen LogP contribution is -2.23. The molecule has 1 aromatic rings. The standard InChI is InChI=1S/C9H14N4O/c10-5-7-1-3-11-9(12-7)13-4-2-8(14)6-13/h1,3,8,14H,2,4-6,10H2. The van der Waals surface area contributed by atoms with Crippen molar-refractivity contribution >= 4 is 5.95 Å². The molecule has 1 unspecified atom stereocenters. The van der Waals surface area contributed by atoms with Crippen LogP contribution in [-0.4, -0.2) is 34.3 Å². The highest BCUT2D eigenvalue weighted by Gasteiger charge is 2.22. The van der Waals surface area contributed by atoms with Gasteiger partial charge < -0.3 is 15.7 Å². The molecule has 5 nitrogen and oxygen atoms in total. The highest BCUT2D eigenvalue weighted by Crippen LogP contribution is 2.15. The van der Waals surface area contributed by atoms with Crippen molar-refractivity contribution < 1.29 is 5.11 Å². The van der Waals surface area contributed by atoms with E-state index in [1.165, 1.54) is 0 Å². The summed E-state index contributed by atoms with van der Waals surface area (Å²) in [6.45, 7) is 1.86. The lowest BCUT2D eigenvalue weighted by Gasteiger charge is -2.15. The smallest absolute Gasteiger partial charge is 0.225 e. The molecule has 0 bridgehead atoms. The van der Waals surface area contributed by atoms with Gasteiger partial charge in [-0.15, -0.1) is 0 Å². The molecule has 0 aliphatic carbocycles. The third-order valence-electron chi connectivity index (χ3n) is 2.36. The fourth-order valence-electron chi connectivity index (χ4n) is 1.57. The molecule has 1 fully saturated rings. The molecular weight excluding hydrogens is 180 g/mol. The Labute approximate surface area is 82.6 Å². The van der Waals surface area contributed by atoms with Crippen LogP contribution in [0.1, 0.15) is 12.1 Å². The summed E-state index contributed by atoms with van der Waals surface area (Å²) in [4.78, 5) is 10.4. The summed E-state index contributed by atoms with van der Waals surface area (Å²) >= 11 is 0. The second-order valence-electron chi connectivity index (χ2n) is 3.44. The highest BCUT2D eigenvalue weighted by atomic mass is 16.3. The predicted octanol–water partition coefficient (Wildman–Crippen LogP) is -0.494. The normalized spacial score (nSPS) is 21.6. The first-order valence-corrected chi connectivity index (χ1v) is 4.74. The van der Waals surface area contributed by atoms with Crippen molar-refractivity contribution in [1.82, 2.24) is 9.97 Å². The summed E-state index contributed by atoms with van der Waals surface area (Å²) in [6.07, 6.45) is 2.24. The average Bonchev–Trinajstić information content (AvgIpc) is 2.65. The number of anilines is 1. The van der Waals surface area contributed by atoms with Crippen LogP contribution in [-0.2, 0) is 6.54 Å². The van der Waals surface area contributed by atoms with E-state index in [4.69, 9.17) is 5.73 Å². The second-order valence-corrected chi connectivity index (χ2v) is 3.44. The molecule has 2 rings (SSSR count). The van der Waals surface area contributed by atoms with Crippen molar-refractivity contribution in [3.8, 4) is 0 Å². The number of hydrogen-bond donors (Lipinski definition) is 2. The summed E-state index contributed by atoms with van der Waals surface area (Å²) in [6, 6.07) is 1.80. The molecule has 1 aromatic heterocycles. The van der Waals surface area contributed by atoms with Crippen LogP contribution in [0.5, 0.6) is 0 Å². The Morgan fingerprint density at radius 3 is 3.14 bits per heavy atom. The van der Waals surface area contributed by atoms with Gasteiger partial charge in [0.25, 0.3) is 0 Å². The first-order valence-electron chi connectivity index (χ1n) is 4.74. The maximum Gasteiger partial charge on any atom is 0.225 e. The molecule has 1 saturated heterocycles. The maximum absolute atomic E-state index is 9.37. The minimum atomic E-state index is -0.250. The third-order valence-corrected chi connectivity index (χ3v) is 2.36. The van der Waals surface area contributed by atoms with Gasteiger partial charge in [-0.25, -0.2) is 9.97 Å². The Balaban J connectivity index is 2.15. The largest absolute Gasteiger partial charge is 0.391 e. The molecule has 1 atom stereocenters. The molecule has 3 N–H and O–H groups in total. The van der Waals surface area contributed by atoms with Crippen LogP contribution in [0.15, 0.2) is 12.3 Å².